The zero-order chi connectivity index (χ0) is 17.5. The summed E-state index contributed by atoms with van der Waals surface area (Å²) in [5.41, 5.74) is 3.98. The molecule has 6 nitrogen and oxygen atoms in total. The third-order valence-electron chi connectivity index (χ3n) is 4.76. The lowest BCUT2D eigenvalue weighted by molar-refractivity contribution is -0.124. The maximum absolute atomic E-state index is 11.0. The molecule has 0 aromatic carbocycles. The van der Waals surface area contributed by atoms with Gasteiger partial charge in [-0.1, -0.05) is 11.6 Å². The van der Waals surface area contributed by atoms with E-state index in [1.54, 1.807) is 23.3 Å². The molecular formula is C19H28Cl2N4O2. The lowest BCUT2D eigenvalue weighted by Crippen LogP contribution is -2.28. The molecule has 2 aliphatic rings. The lowest BCUT2D eigenvalue weighted by Gasteiger charge is -2.21. The first-order valence-corrected chi connectivity index (χ1v) is 8.98. The van der Waals surface area contributed by atoms with Crippen LogP contribution in [0.1, 0.15) is 37.7 Å². The van der Waals surface area contributed by atoms with Gasteiger partial charge in [0.1, 0.15) is 5.82 Å². The third kappa shape index (κ3) is 7.50. The molecule has 1 aliphatic carbocycles. The summed E-state index contributed by atoms with van der Waals surface area (Å²) in [5, 5.41) is 12.0. The Hall–Kier alpha value is -1.60. The van der Waals surface area contributed by atoms with Crippen LogP contribution in [0.5, 0.6) is 0 Å². The fraction of sp³-hybridized carbons (Fsp3) is 0.474. The summed E-state index contributed by atoms with van der Waals surface area (Å²) in [4.78, 5) is 17.9. The van der Waals surface area contributed by atoms with Crippen LogP contribution < -0.4 is 10.8 Å². The van der Waals surface area contributed by atoms with E-state index in [1.165, 1.54) is 31.8 Å². The van der Waals surface area contributed by atoms with Gasteiger partial charge < -0.3 is 5.32 Å². The quantitative estimate of drug-likeness (QED) is 0.287. The van der Waals surface area contributed by atoms with Crippen molar-refractivity contribution in [3.05, 3.63) is 41.6 Å². The molecule has 1 amide bonds. The number of amides is 1. The summed E-state index contributed by atoms with van der Waals surface area (Å²) < 4.78 is 0. The number of allylic oxidation sites excluding steroid dienone is 1. The maximum Gasteiger partial charge on any atom is 0.267 e. The highest BCUT2D eigenvalue weighted by Gasteiger charge is 2.23. The lowest BCUT2D eigenvalue weighted by atomic mass is 9.99. The van der Waals surface area contributed by atoms with E-state index in [0.717, 1.165) is 37.4 Å². The van der Waals surface area contributed by atoms with Crippen LogP contribution >= 0.6 is 24.8 Å². The summed E-state index contributed by atoms with van der Waals surface area (Å²) in [6, 6.07) is 4.25. The molecule has 1 aromatic rings. The van der Waals surface area contributed by atoms with Crippen molar-refractivity contribution in [2.45, 2.75) is 38.1 Å². The minimum atomic E-state index is -0.554. The molecule has 27 heavy (non-hydrogen) atoms. The Balaban J connectivity index is 0.00000182. The zero-order valence-corrected chi connectivity index (χ0v) is 16.9. The zero-order valence-electron chi connectivity index (χ0n) is 15.3. The number of hydrogen-bond acceptors (Lipinski definition) is 5. The summed E-state index contributed by atoms with van der Waals surface area (Å²) in [6.07, 6.45) is 13.3. The van der Waals surface area contributed by atoms with Crippen LogP contribution in [0.4, 0.5) is 5.82 Å². The second-order valence-corrected chi connectivity index (χ2v) is 6.76. The SMILES string of the molecule is Cl.Cl.O=C(/C=C/c1ccc(N[C@@H]2CCN(CC3=CCCCC3)C2)nc1)NO. The fourth-order valence-corrected chi connectivity index (χ4v) is 3.44. The molecule has 1 atom stereocenters. The molecule has 0 saturated carbocycles. The number of pyridine rings is 1. The van der Waals surface area contributed by atoms with Crippen LogP contribution in [0.3, 0.4) is 0 Å². The van der Waals surface area contributed by atoms with Gasteiger partial charge in [0.05, 0.1) is 0 Å². The van der Waals surface area contributed by atoms with Crippen molar-refractivity contribution >= 4 is 42.6 Å². The number of nitrogens with zero attached hydrogens (tertiary/aromatic N) is 2. The highest BCUT2D eigenvalue weighted by atomic mass is 35.5. The minimum Gasteiger partial charge on any atom is -0.366 e. The molecule has 0 radical (unpaired) electrons. The molecule has 3 rings (SSSR count). The molecule has 1 fully saturated rings. The molecule has 1 aromatic heterocycles. The first-order valence-electron chi connectivity index (χ1n) is 8.98. The van der Waals surface area contributed by atoms with E-state index in [1.807, 2.05) is 12.1 Å². The highest BCUT2D eigenvalue weighted by Crippen LogP contribution is 2.21. The number of rotatable bonds is 6. The molecule has 1 saturated heterocycles. The van der Waals surface area contributed by atoms with E-state index in [0.29, 0.717) is 6.04 Å². The monoisotopic (exact) mass is 414 g/mol. The molecule has 150 valence electrons. The second-order valence-electron chi connectivity index (χ2n) is 6.76. The number of hydroxylamine groups is 1. The second kappa shape index (κ2) is 12.0. The van der Waals surface area contributed by atoms with Crippen LogP contribution in [-0.2, 0) is 4.79 Å². The molecule has 0 unspecified atom stereocenters. The Kier molecular flexibility index (Phi) is 10.4. The predicted octanol–water partition coefficient (Wildman–Crippen LogP) is 3.43. The molecule has 2 heterocycles. The van der Waals surface area contributed by atoms with Crippen molar-refractivity contribution in [2.24, 2.45) is 0 Å². The highest BCUT2D eigenvalue weighted by molar-refractivity contribution is 5.90. The maximum atomic E-state index is 11.0. The van der Waals surface area contributed by atoms with E-state index in [4.69, 9.17) is 5.21 Å². The van der Waals surface area contributed by atoms with Crippen LogP contribution in [0.15, 0.2) is 36.1 Å². The molecule has 0 spiro atoms. The van der Waals surface area contributed by atoms with Gasteiger partial charge in [-0.15, -0.1) is 24.8 Å². The van der Waals surface area contributed by atoms with E-state index in [9.17, 15) is 4.79 Å². The van der Waals surface area contributed by atoms with E-state index in [2.05, 4.69) is 21.3 Å². The van der Waals surface area contributed by atoms with E-state index >= 15 is 0 Å². The fourth-order valence-electron chi connectivity index (χ4n) is 3.44. The van der Waals surface area contributed by atoms with Gasteiger partial charge in [0.25, 0.3) is 5.91 Å². The van der Waals surface area contributed by atoms with Crippen molar-refractivity contribution in [3.63, 3.8) is 0 Å². The smallest absolute Gasteiger partial charge is 0.267 e. The largest absolute Gasteiger partial charge is 0.366 e. The first-order chi connectivity index (χ1) is 12.2. The van der Waals surface area contributed by atoms with Crippen molar-refractivity contribution in [1.82, 2.24) is 15.4 Å². The van der Waals surface area contributed by atoms with Gasteiger partial charge >= 0.3 is 0 Å². The number of likely N-dealkylation sites (tertiary alicyclic amines) is 1. The van der Waals surface area contributed by atoms with Crippen LogP contribution in [-0.4, -0.2) is 46.7 Å². The van der Waals surface area contributed by atoms with Crippen LogP contribution in [0.25, 0.3) is 6.08 Å². The molecule has 1 aliphatic heterocycles. The Morgan fingerprint density at radius 1 is 1.33 bits per heavy atom. The predicted molar refractivity (Wildman–Crippen MR) is 113 cm³/mol. The van der Waals surface area contributed by atoms with Crippen LogP contribution in [0, 0.1) is 0 Å². The number of hydrogen-bond donors (Lipinski definition) is 3. The Labute approximate surface area is 172 Å². The standard InChI is InChI=1S/C19H26N4O2.2ClH/c24-19(22-25)9-7-15-6-8-18(20-12-15)21-17-10-11-23(14-17)13-16-4-2-1-3-5-16;;/h4,6-9,12,17,25H,1-3,5,10-11,13-14H2,(H,20,21)(H,22,24);2*1H/b9-7+;;/t17-;;/m1../s1. The van der Waals surface area contributed by atoms with Crippen molar-refractivity contribution in [2.75, 3.05) is 25.0 Å². The van der Waals surface area contributed by atoms with Crippen molar-refractivity contribution in [1.29, 1.82) is 0 Å². The van der Waals surface area contributed by atoms with Gasteiger partial charge in [0.15, 0.2) is 0 Å². The van der Waals surface area contributed by atoms with Gasteiger partial charge in [-0.05, 0) is 55.9 Å². The van der Waals surface area contributed by atoms with Crippen molar-refractivity contribution in [3.8, 4) is 0 Å². The number of halogens is 2. The molecular weight excluding hydrogens is 387 g/mol. The van der Waals surface area contributed by atoms with Gasteiger partial charge in [0, 0.05) is 37.9 Å². The van der Waals surface area contributed by atoms with Gasteiger partial charge in [0.2, 0.25) is 0 Å². The number of carbonyl (C=O) groups is 1. The van der Waals surface area contributed by atoms with Gasteiger partial charge in [-0.3, -0.25) is 14.9 Å². The normalized spacial score (nSPS) is 19.7. The van der Waals surface area contributed by atoms with Gasteiger partial charge in [-0.25, -0.2) is 10.5 Å². The number of carbonyl (C=O) groups excluding carboxylic acids is 1. The summed E-state index contributed by atoms with van der Waals surface area (Å²) in [5.74, 6) is 0.300. The van der Waals surface area contributed by atoms with Crippen LogP contribution in [0.2, 0.25) is 0 Å². The average Bonchev–Trinajstić information content (AvgIpc) is 3.08. The summed E-state index contributed by atoms with van der Waals surface area (Å²) in [7, 11) is 0. The number of nitrogens with one attached hydrogen (secondary N) is 2. The molecule has 0 bridgehead atoms. The van der Waals surface area contributed by atoms with Gasteiger partial charge in [-0.2, -0.15) is 0 Å². The Morgan fingerprint density at radius 3 is 2.85 bits per heavy atom. The average molecular weight is 415 g/mol. The Bertz CT molecular complexity index is 650. The van der Waals surface area contributed by atoms with E-state index in [-0.39, 0.29) is 24.8 Å². The summed E-state index contributed by atoms with van der Waals surface area (Å²) >= 11 is 0. The number of aromatic nitrogens is 1. The topological polar surface area (TPSA) is 77.5 Å². The van der Waals surface area contributed by atoms with Crippen molar-refractivity contribution < 1.29 is 10.0 Å². The summed E-state index contributed by atoms with van der Waals surface area (Å²) in [6.45, 7) is 3.30. The first kappa shape index (κ1) is 23.4. The molecule has 8 heteroatoms. The molecule has 3 N–H and O–H groups in total. The number of anilines is 1. The van der Waals surface area contributed by atoms with E-state index < -0.39 is 5.91 Å². The third-order valence-corrected chi connectivity index (χ3v) is 4.76. The minimum absolute atomic E-state index is 0. The Morgan fingerprint density at radius 2 is 2.19 bits per heavy atom.